The largest absolute Gasteiger partial charge is 0.348 e. The summed E-state index contributed by atoms with van der Waals surface area (Å²) in [5, 5.41) is 3.00. The Morgan fingerprint density at radius 3 is 2.26 bits per heavy atom. The van der Waals surface area contributed by atoms with Crippen LogP contribution in [0.3, 0.4) is 0 Å². The topological polar surface area (TPSA) is 55.1 Å². The van der Waals surface area contributed by atoms with E-state index in [9.17, 15) is 4.79 Å². The van der Waals surface area contributed by atoms with E-state index in [1.54, 1.807) is 11.3 Å². The van der Waals surface area contributed by atoms with Gasteiger partial charge in [-0.15, -0.1) is 23.7 Å². The first-order valence-corrected chi connectivity index (χ1v) is 7.07. The second kappa shape index (κ2) is 6.73. The number of aryl methyl sites for hydroxylation is 2. The van der Waals surface area contributed by atoms with Crippen LogP contribution < -0.4 is 11.1 Å². The van der Waals surface area contributed by atoms with E-state index in [1.807, 2.05) is 27.7 Å². The molecule has 1 unspecified atom stereocenters. The van der Waals surface area contributed by atoms with Crippen LogP contribution in [-0.2, 0) is 4.79 Å². The van der Waals surface area contributed by atoms with Crippen LogP contribution in [0.5, 0.6) is 0 Å². The van der Waals surface area contributed by atoms with Crippen molar-refractivity contribution in [3.63, 3.8) is 0 Å². The highest BCUT2D eigenvalue weighted by Crippen LogP contribution is 2.26. The molecule has 0 radical (unpaired) electrons. The smallest absolute Gasteiger partial charge is 0.237 e. The third-order valence-electron chi connectivity index (χ3n) is 3.12. The summed E-state index contributed by atoms with van der Waals surface area (Å²) < 4.78 is 0. The molecule has 110 valence electrons. The Labute approximate surface area is 126 Å². The van der Waals surface area contributed by atoms with Gasteiger partial charge in [-0.3, -0.25) is 4.79 Å². The Morgan fingerprint density at radius 2 is 1.89 bits per heavy atom. The lowest BCUT2D eigenvalue weighted by Crippen LogP contribution is -2.49. The van der Waals surface area contributed by atoms with E-state index in [0.29, 0.717) is 0 Å². The average Bonchev–Trinajstić information content (AvgIpc) is 2.55. The minimum absolute atomic E-state index is 0. The normalized spacial score (nSPS) is 14.5. The van der Waals surface area contributed by atoms with E-state index in [0.717, 1.165) is 0 Å². The van der Waals surface area contributed by atoms with Gasteiger partial charge in [-0.05, 0) is 37.8 Å². The number of carbonyl (C=O) groups is 1. The van der Waals surface area contributed by atoms with E-state index in [-0.39, 0.29) is 29.8 Å². The fourth-order valence-electron chi connectivity index (χ4n) is 1.85. The number of hydrogen-bond acceptors (Lipinski definition) is 3. The van der Waals surface area contributed by atoms with Gasteiger partial charge in [0.2, 0.25) is 5.91 Å². The van der Waals surface area contributed by atoms with Crippen molar-refractivity contribution in [2.45, 2.75) is 53.6 Å². The predicted molar refractivity (Wildman–Crippen MR) is 85.0 cm³/mol. The lowest BCUT2D eigenvalue weighted by Gasteiger charge is -2.27. The third-order valence-corrected chi connectivity index (χ3v) is 4.10. The number of hydrogen-bond donors (Lipinski definition) is 2. The van der Waals surface area contributed by atoms with Crippen LogP contribution >= 0.6 is 23.7 Å². The van der Waals surface area contributed by atoms with Crippen molar-refractivity contribution in [3.8, 4) is 0 Å². The van der Waals surface area contributed by atoms with Gasteiger partial charge in [0.15, 0.2) is 0 Å². The van der Waals surface area contributed by atoms with Crippen LogP contribution in [0.15, 0.2) is 6.07 Å². The lowest BCUT2D eigenvalue weighted by atomic mass is 9.86. The second-order valence-corrected chi connectivity index (χ2v) is 7.40. The Hall–Kier alpha value is -0.580. The number of carbonyl (C=O) groups excluding carboxylic acids is 1. The number of halogens is 1. The zero-order chi connectivity index (χ0) is 14.1. The maximum absolute atomic E-state index is 12.1. The van der Waals surface area contributed by atoms with Crippen LogP contribution in [0.2, 0.25) is 0 Å². The number of nitrogens with one attached hydrogen (secondary N) is 1. The Balaban J connectivity index is 0.00000324. The predicted octanol–water partition coefficient (Wildman–Crippen LogP) is 3.34. The fraction of sp³-hybridized carbons (Fsp3) is 0.643. The monoisotopic (exact) mass is 304 g/mol. The zero-order valence-electron chi connectivity index (χ0n) is 12.5. The maximum Gasteiger partial charge on any atom is 0.237 e. The summed E-state index contributed by atoms with van der Waals surface area (Å²) in [6.45, 7) is 12.1. The van der Waals surface area contributed by atoms with Crippen LogP contribution in [0, 0.1) is 19.3 Å². The summed E-state index contributed by atoms with van der Waals surface area (Å²) in [7, 11) is 0. The van der Waals surface area contributed by atoms with Crippen molar-refractivity contribution >= 4 is 29.7 Å². The van der Waals surface area contributed by atoms with Crippen molar-refractivity contribution in [3.05, 3.63) is 21.4 Å². The molecule has 5 heteroatoms. The molecular formula is C14H25ClN2OS. The van der Waals surface area contributed by atoms with Crippen LogP contribution in [0.4, 0.5) is 0 Å². The fourth-order valence-corrected chi connectivity index (χ4v) is 2.88. The number of thiophene rings is 1. The molecule has 1 amide bonds. The molecule has 0 aliphatic heterocycles. The molecule has 0 fully saturated rings. The highest BCUT2D eigenvalue weighted by Gasteiger charge is 2.28. The lowest BCUT2D eigenvalue weighted by molar-refractivity contribution is -0.125. The molecule has 2 atom stereocenters. The second-order valence-electron chi connectivity index (χ2n) is 5.94. The molecule has 0 saturated heterocycles. The van der Waals surface area contributed by atoms with Crippen LogP contribution in [0.1, 0.15) is 49.1 Å². The summed E-state index contributed by atoms with van der Waals surface area (Å²) in [4.78, 5) is 14.6. The zero-order valence-corrected chi connectivity index (χ0v) is 14.2. The molecule has 1 aromatic heterocycles. The standard InChI is InChI=1S/C14H24N2OS.ClH/c1-8-7-11(10(3)18-8)9(2)16-13(17)12(15)14(4,5)6;/h7,9,12H,15H2,1-6H3,(H,16,17);1H/t9?,12-;/m1./s1. The highest BCUT2D eigenvalue weighted by atomic mass is 35.5. The Morgan fingerprint density at radius 1 is 1.37 bits per heavy atom. The Bertz CT molecular complexity index is 437. The third kappa shape index (κ3) is 4.79. The van der Waals surface area contributed by atoms with Crippen LogP contribution in [0.25, 0.3) is 0 Å². The molecule has 0 bridgehead atoms. The molecule has 3 nitrogen and oxygen atoms in total. The Kier molecular flexibility index (Phi) is 6.52. The number of nitrogens with two attached hydrogens (primary N) is 1. The quantitative estimate of drug-likeness (QED) is 0.900. The van der Waals surface area contributed by atoms with Gasteiger partial charge in [-0.25, -0.2) is 0 Å². The van der Waals surface area contributed by atoms with Crippen molar-refractivity contribution in [2.24, 2.45) is 11.1 Å². The minimum Gasteiger partial charge on any atom is -0.348 e. The maximum atomic E-state index is 12.1. The molecule has 1 aromatic rings. The van der Waals surface area contributed by atoms with Gasteiger partial charge < -0.3 is 11.1 Å². The highest BCUT2D eigenvalue weighted by molar-refractivity contribution is 7.12. The van der Waals surface area contributed by atoms with Gasteiger partial charge in [0.25, 0.3) is 0 Å². The molecule has 19 heavy (non-hydrogen) atoms. The van der Waals surface area contributed by atoms with E-state index in [1.165, 1.54) is 15.3 Å². The summed E-state index contributed by atoms with van der Waals surface area (Å²) in [5.74, 6) is -0.0850. The summed E-state index contributed by atoms with van der Waals surface area (Å²) in [6, 6.07) is 1.66. The van der Waals surface area contributed by atoms with Gasteiger partial charge in [-0.1, -0.05) is 20.8 Å². The molecule has 1 rings (SSSR count). The number of amides is 1. The molecule has 3 N–H and O–H groups in total. The molecule has 0 aliphatic rings. The van der Waals surface area contributed by atoms with Gasteiger partial charge >= 0.3 is 0 Å². The van der Waals surface area contributed by atoms with E-state index >= 15 is 0 Å². The van der Waals surface area contributed by atoms with Crippen molar-refractivity contribution < 1.29 is 4.79 Å². The molecule has 0 saturated carbocycles. The molecule has 1 heterocycles. The SMILES string of the molecule is Cc1cc(C(C)NC(=O)[C@@H](N)C(C)(C)C)c(C)s1.Cl. The van der Waals surface area contributed by atoms with Gasteiger partial charge in [0.1, 0.15) is 0 Å². The van der Waals surface area contributed by atoms with Gasteiger partial charge in [0, 0.05) is 9.75 Å². The van der Waals surface area contributed by atoms with Gasteiger partial charge in [-0.2, -0.15) is 0 Å². The minimum atomic E-state index is -0.486. The first kappa shape index (κ1) is 18.4. The van der Waals surface area contributed by atoms with Crippen molar-refractivity contribution in [1.29, 1.82) is 0 Å². The van der Waals surface area contributed by atoms with E-state index < -0.39 is 6.04 Å². The molecule has 0 spiro atoms. The van der Waals surface area contributed by atoms with Crippen molar-refractivity contribution in [2.75, 3.05) is 0 Å². The van der Waals surface area contributed by atoms with E-state index in [2.05, 4.69) is 25.2 Å². The average molecular weight is 305 g/mol. The summed E-state index contributed by atoms with van der Waals surface area (Å²) in [6.07, 6.45) is 0. The summed E-state index contributed by atoms with van der Waals surface area (Å²) >= 11 is 1.76. The number of rotatable bonds is 3. The summed E-state index contributed by atoms with van der Waals surface area (Å²) in [5.41, 5.74) is 6.92. The van der Waals surface area contributed by atoms with Gasteiger partial charge in [0.05, 0.1) is 12.1 Å². The first-order chi connectivity index (χ1) is 8.12. The van der Waals surface area contributed by atoms with E-state index in [4.69, 9.17) is 5.73 Å². The van der Waals surface area contributed by atoms with Crippen LogP contribution in [-0.4, -0.2) is 11.9 Å². The molecule has 0 aromatic carbocycles. The molecular weight excluding hydrogens is 280 g/mol. The first-order valence-electron chi connectivity index (χ1n) is 6.26. The molecule has 0 aliphatic carbocycles. The van der Waals surface area contributed by atoms with Crippen molar-refractivity contribution in [1.82, 2.24) is 5.32 Å².